The smallest absolute Gasteiger partial charge is 0.129 e. The van der Waals surface area contributed by atoms with Crippen LogP contribution in [-0.2, 0) is 6.54 Å². The lowest BCUT2D eigenvalue weighted by Gasteiger charge is -2.06. The van der Waals surface area contributed by atoms with E-state index >= 15 is 0 Å². The van der Waals surface area contributed by atoms with Crippen LogP contribution in [0.25, 0.3) is 0 Å². The minimum atomic E-state index is -0.245. The van der Waals surface area contributed by atoms with E-state index in [0.717, 1.165) is 15.9 Å². The third kappa shape index (κ3) is 2.34. The van der Waals surface area contributed by atoms with Crippen molar-refractivity contribution >= 4 is 21.6 Å². The van der Waals surface area contributed by atoms with Crippen LogP contribution < -0.4 is 5.73 Å². The van der Waals surface area contributed by atoms with E-state index in [2.05, 4.69) is 21.0 Å². The first-order valence-electron chi connectivity index (χ1n) is 5.22. The Morgan fingerprint density at radius 1 is 1.41 bits per heavy atom. The van der Waals surface area contributed by atoms with Gasteiger partial charge >= 0.3 is 0 Å². The predicted molar refractivity (Wildman–Crippen MR) is 69.3 cm³/mol. The van der Waals surface area contributed by atoms with Gasteiger partial charge in [0.05, 0.1) is 23.6 Å². The van der Waals surface area contributed by atoms with Crippen LogP contribution in [0.2, 0.25) is 0 Å². The predicted octanol–water partition coefficient (Wildman–Crippen LogP) is 3.03. The molecule has 0 saturated carbocycles. The summed E-state index contributed by atoms with van der Waals surface area (Å²) in [5.41, 5.74) is 8.74. The second-order valence-corrected chi connectivity index (χ2v) is 4.89. The molecular formula is C12H13BrFN3. The number of aryl methyl sites for hydroxylation is 1. The summed E-state index contributed by atoms with van der Waals surface area (Å²) in [6, 6.07) is 5.00. The second-order valence-electron chi connectivity index (χ2n) is 3.98. The molecule has 1 aromatic heterocycles. The van der Waals surface area contributed by atoms with Gasteiger partial charge in [-0.05, 0) is 26.0 Å². The van der Waals surface area contributed by atoms with Crippen molar-refractivity contribution in [2.75, 3.05) is 5.73 Å². The molecule has 1 heterocycles. The summed E-state index contributed by atoms with van der Waals surface area (Å²) in [4.78, 5) is 0. The molecule has 0 fully saturated rings. The molecule has 17 heavy (non-hydrogen) atoms. The first-order valence-corrected chi connectivity index (χ1v) is 6.01. The summed E-state index contributed by atoms with van der Waals surface area (Å²) in [7, 11) is 0. The van der Waals surface area contributed by atoms with Gasteiger partial charge in [-0.2, -0.15) is 5.10 Å². The summed E-state index contributed by atoms with van der Waals surface area (Å²) >= 11 is 3.23. The topological polar surface area (TPSA) is 43.8 Å². The number of aromatic nitrogens is 2. The standard InChI is InChI=1S/C12H13BrFN3/c1-7-12(15)8(2)17(16-7)6-9-3-4-10(13)5-11(9)14/h3-5H,6,15H2,1-2H3. The minimum absolute atomic E-state index is 0.245. The minimum Gasteiger partial charge on any atom is -0.396 e. The lowest BCUT2D eigenvalue weighted by molar-refractivity contribution is 0.578. The fourth-order valence-electron chi connectivity index (χ4n) is 1.68. The van der Waals surface area contributed by atoms with Crippen LogP contribution in [0.4, 0.5) is 10.1 Å². The van der Waals surface area contributed by atoms with E-state index in [4.69, 9.17) is 5.73 Å². The van der Waals surface area contributed by atoms with Gasteiger partial charge in [-0.15, -0.1) is 0 Å². The first-order chi connectivity index (χ1) is 7.99. The summed E-state index contributed by atoms with van der Waals surface area (Å²) in [6.45, 7) is 4.12. The molecule has 90 valence electrons. The third-order valence-electron chi connectivity index (χ3n) is 2.77. The highest BCUT2D eigenvalue weighted by atomic mass is 79.9. The molecule has 0 spiro atoms. The average molecular weight is 298 g/mol. The number of benzene rings is 1. The number of nitrogens with two attached hydrogens (primary N) is 1. The van der Waals surface area contributed by atoms with Crippen LogP contribution in [0.15, 0.2) is 22.7 Å². The number of nitrogens with zero attached hydrogens (tertiary/aromatic N) is 2. The molecule has 0 atom stereocenters. The Balaban J connectivity index is 2.34. The van der Waals surface area contributed by atoms with E-state index in [9.17, 15) is 4.39 Å². The van der Waals surface area contributed by atoms with Crippen molar-refractivity contribution < 1.29 is 4.39 Å². The van der Waals surface area contributed by atoms with Crippen LogP contribution in [0.5, 0.6) is 0 Å². The molecule has 3 nitrogen and oxygen atoms in total. The van der Waals surface area contributed by atoms with Gasteiger partial charge in [-0.1, -0.05) is 22.0 Å². The van der Waals surface area contributed by atoms with Crippen LogP contribution in [0.1, 0.15) is 17.0 Å². The molecule has 0 saturated heterocycles. The molecule has 0 aliphatic rings. The zero-order chi connectivity index (χ0) is 12.6. The van der Waals surface area contributed by atoms with E-state index in [-0.39, 0.29) is 5.82 Å². The van der Waals surface area contributed by atoms with Gasteiger partial charge in [0.2, 0.25) is 0 Å². The average Bonchev–Trinajstić information content (AvgIpc) is 2.50. The Hall–Kier alpha value is -1.36. The maximum Gasteiger partial charge on any atom is 0.129 e. The number of hydrogen-bond acceptors (Lipinski definition) is 2. The van der Waals surface area contributed by atoms with Crippen LogP contribution in [0, 0.1) is 19.7 Å². The SMILES string of the molecule is Cc1nn(Cc2ccc(Br)cc2F)c(C)c1N. The molecule has 0 unspecified atom stereocenters. The molecule has 0 aliphatic heterocycles. The van der Waals surface area contributed by atoms with Gasteiger partial charge in [0, 0.05) is 10.0 Å². The highest BCUT2D eigenvalue weighted by Crippen LogP contribution is 2.19. The van der Waals surface area contributed by atoms with E-state index in [1.54, 1.807) is 10.7 Å². The van der Waals surface area contributed by atoms with Gasteiger partial charge in [-0.3, -0.25) is 4.68 Å². The molecule has 2 rings (SSSR count). The van der Waals surface area contributed by atoms with Crippen molar-refractivity contribution in [2.45, 2.75) is 20.4 Å². The molecule has 0 amide bonds. The van der Waals surface area contributed by atoms with Crippen molar-refractivity contribution in [1.82, 2.24) is 9.78 Å². The molecule has 0 bridgehead atoms. The van der Waals surface area contributed by atoms with Crippen LogP contribution in [0.3, 0.4) is 0 Å². The Morgan fingerprint density at radius 3 is 2.65 bits per heavy atom. The Labute approximate surface area is 108 Å². The lowest BCUT2D eigenvalue weighted by Crippen LogP contribution is -2.06. The van der Waals surface area contributed by atoms with Gasteiger partial charge in [0.1, 0.15) is 5.82 Å². The zero-order valence-corrected chi connectivity index (χ0v) is 11.3. The van der Waals surface area contributed by atoms with Gasteiger partial charge in [0.25, 0.3) is 0 Å². The number of anilines is 1. The van der Waals surface area contributed by atoms with Crippen molar-refractivity contribution in [3.63, 3.8) is 0 Å². The second kappa shape index (κ2) is 4.49. The number of hydrogen-bond donors (Lipinski definition) is 1. The summed E-state index contributed by atoms with van der Waals surface area (Å²) in [6.07, 6.45) is 0. The zero-order valence-electron chi connectivity index (χ0n) is 9.67. The van der Waals surface area contributed by atoms with Crippen molar-refractivity contribution in [3.05, 3.63) is 45.4 Å². The first kappa shape index (κ1) is 12.1. The Bertz CT molecular complexity index is 563. The highest BCUT2D eigenvalue weighted by Gasteiger charge is 2.10. The molecule has 5 heteroatoms. The monoisotopic (exact) mass is 297 g/mol. The maximum atomic E-state index is 13.7. The molecule has 2 aromatic rings. The maximum absolute atomic E-state index is 13.7. The number of halogens is 2. The summed E-state index contributed by atoms with van der Waals surface area (Å²) in [5.74, 6) is -0.245. The molecule has 2 N–H and O–H groups in total. The van der Waals surface area contributed by atoms with Crippen LogP contribution >= 0.6 is 15.9 Å². The van der Waals surface area contributed by atoms with E-state index in [1.165, 1.54) is 6.07 Å². The third-order valence-corrected chi connectivity index (χ3v) is 3.27. The van der Waals surface area contributed by atoms with Gasteiger partial charge in [-0.25, -0.2) is 4.39 Å². The molecular weight excluding hydrogens is 285 g/mol. The van der Waals surface area contributed by atoms with Crippen molar-refractivity contribution in [2.24, 2.45) is 0 Å². The van der Waals surface area contributed by atoms with E-state index < -0.39 is 0 Å². The Kier molecular flexibility index (Phi) is 3.19. The fraction of sp³-hybridized carbons (Fsp3) is 0.250. The largest absolute Gasteiger partial charge is 0.396 e. The quantitative estimate of drug-likeness (QED) is 0.926. The van der Waals surface area contributed by atoms with Crippen molar-refractivity contribution in [1.29, 1.82) is 0 Å². The van der Waals surface area contributed by atoms with Gasteiger partial charge < -0.3 is 5.73 Å². The highest BCUT2D eigenvalue weighted by molar-refractivity contribution is 9.10. The summed E-state index contributed by atoms with van der Waals surface area (Å²) < 4.78 is 16.1. The van der Waals surface area contributed by atoms with Gasteiger partial charge in [0.15, 0.2) is 0 Å². The Morgan fingerprint density at radius 2 is 2.12 bits per heavy atom. The number of nitrogen functional groups attached to an aromatic ring is 1. The van der Waals surface area contributed by atoms with E-state index in [0.29, 0.717) is 17.8 Å². The normalized spacial score (nSPS) is 10.8. The fourth-order valence-corrected chi connectivity index (χ4v) is 2.01. The van der Waals surface area contributed by atoms with E-state index in [1.807, 2.05) is 19.9 Å². The van der Waals surface area contributed by atoms with Crippen LogP contribution in [-0.4, -0.2) is 9.78 Å². The lowest BCUT2D eigenvalue weighted by atomic mass is 10.2. The molecule has 1 aromatic carbocycles. The summed E-state index contributed by atoms with van der Waals surface area (Å²) in [5, 5.41) is 4.28. The number of rotatable bonds is 2. The molecule has 0 radical (unpaired) electrons. The van der Waals surface area contributed by atoms with Crippen molar-refractivity contribution in [3.8, 4) is 0 Å². The molecule has 0 aliphatic carbocycles.